The molecule has 0 saturated carbocycles. The molecule has 19 heavy (non-hydrogen) atoms. The first-order chi connectivity index (χ1) is 9.02. The topological polar surface area (TPSA) is 23.6 Å². The van der Waals surface area contributed by atoms with E-state index in [0.717, 1.165) is 31.5 Å². The first-order valence-electron chi connectivity index (χ1n) is 6.38. The molecule has 0 N–H and O–H groups in total. The van der Waals surface area contributed by atoms with Gasteiger partial charge in [-0.3, -0.25) is 4.79 Å². The largest absolute Gasteiger partial charge is 0.363 e. The first-order valence-corrected chi connectivity index (χ1v) is 6.38. The lowest BCUT2D eigenvalue weighted by molar-refractivity contribution is 0.112. The van der Waals surface area contributed by atoms with Crippen LogP contribution in [0.25, 0.3) is 0 Å². The molecular formula is C14H18F2N2O. The summed E-state index contributed by atoms with van der Waals surface area (Å²) in [4.78, 5) is 14.4. The van der Waals surface area contributed by atoms with E-state index in [1.165, 1.54) is 0 Å². The molecule has 1 fully saturated rings. The zero-order valence-electron chi connectivity index (χ0n) is 11.2. The molecule has 1 saturated heterocycles. The summed E-state index contributed by atoms with van der Waals surface area (Å²) < 4.78 is 28.0. The number of anilines is 1. The maximum atomic E-state index is 14.0. The molecule has 1 aliphatic rings. The Morgan fingerprint density at radius 2 is 2.00 bits per heavy atom. The highest BCUT2D eigenvalue weighted by atomic mass is 19.1. The van der Waals surface area contributed by atoms with Gasteiger partial charge in [-0.05, 0) is 39.1 Å². The van der Waals surface area contributed by atoms with Crippen molar-refractivity contribution in [2.24, 2.45) is 0 Å². The van der Waals surface area contributed by atoms with Crippen LogP contribution in [-0.2, 0) is 0 Å². The molecule has 1 heterocycles. The van der Waals surface area contributed by atoms with E-state index < -0.39 is 11.6 Å². The average molecular weight is 268 g/mol. The van der Waals surface area contributed by atoms with Gasteiger partial charge in [0.25, 0.3) is 0 Å². The van der Waals surface area contributed by atoms with Gasteiger partial charge in [-0.1, -0.05) is 0 Å². The van der Waals surface area contributed by atoms with Gasteiger partial charge < -0.3 is 9.80 Å². The Hall–Kier alpha value is -1.49. The number of halogens is 2. The molecule has 2 rings (SSSR count). The molecule has 0 aliphatic carbocycles. The summed E-state index contributed by atoms with van der Waals surface area (Å²) in [5.41, 5.74) is 0.0251. The molecule has 0 radical (unpaired) electrons. The monoisotopic (exact) mass is 268 g/mol. The van der Waals surface area contributed by atoms with Crippen molar-refractivity contribution in [1.82, 2.24) is 4.90 Å². The number of aldehydes is 1. The second kappa shape index (κ2) is 5.65. The standard InChI is InChI=1S/C14H18F2N2O/c1-17(2)8-11-4-3-5-18(11)14-12(15)6-10(9-19)7-13(14)16/h6-7,9,11H,3-5,8H2,1-2H3. The van der Waals surface area contributed by atoms with Gasteiger partial charge in [0.2, 0.25) is 0 Å². The molecule has 1 aliphatic heterocycles. The van der Waals surface area contributed by atoms with Gasteiger partial charge in [-0.2, -0.15) is 0 Å². The fourth-order valence-corrected chi connectivity index (χ4v) is 2.67. The summed E-state index contributed by atoms with van der Waals surface area (Å²) >= 11 is 0. The molecular weight excluding hydrogens is 250 g/mol. The van der Waals surface area contributed by atoms with Gasteiger partial charge in [-0.15, -0.1) is 0 Å². The van der Waals surface area contributed by atoms with Gasteiger partial charge >= 0.3 is 0 Å². The first kappa shape index (κ1) is 13.9. The summed E-state index contributed by atoms with van der Waals surface area (Å²) in [6.45, 7) is 1.40. The number of rotatable bonds is 4. The van der Waals surface area contributed by atoms with E-state index in [1.807, 2.05) is 19.0 Å². The minimum atomic E-state index is -0.659. The Bertz CT molecular complexity index is 454. The number of hydrogen-bond acceptors (Lipinski definition) is 3. The van der Waals surface area contributed by atoms with Crippen molar-refractivity contribution < 1.29 is 13.6 Å². The smallest absolute Gasteiger partial charge is 0.150 e. The van der Waals surface area contributed by atoms with Crippen LogP contribution in [0, 0.1) is 11.6 Å². The zero-order chi connectivity index (χ0) is 14.0. The van der Waals surface area contributed by atoms with Gasteiger partial charge in [-0.25, -0.2) is 8.78 Å². The predicted molar refractivity (Wildman–Crippen MR) is 70.7 cm³/mol. The van der Waals surface area contributed by atoms with Crippen molar-refractivity contribution in [3.8, 4) is 0 Å². The fraction of sp³-hybridized carbons (Fsp3) is 0.500. The van der Waals surface area contributed by atoms with Crippen molar-refractivity contribution >= 4 is 12.0 Å². The third kappa shape index (κ3) is 2.92. The molecule has 5 heteroatoms. The maximum absolute atomic E-state index is 14.0. The number of benzene rings is 1. The van der Waals surface area contributed by atoms with Crippen LogP contribution in [-0.4, -0.2) is 44.4 Å². The summed E-state index contributed by atoms with van der Waals surface area (Å²) in [6.07, 6.45) is 2.30. The van der Waals surface area contributed by atoms with Crippen LogP contribution in [0.4, 0.5) is 14.5 Å². The molecule has 0 aromatic heterocycles. The van der Waals surface area contributed by atoms with E-state index in [0.29, 0.717) is 12.8 Å². The van der Waals surface area contributed by atoms with Crippen LogP contribution < -0.4 is 4.90 Å². The Morgan fingerprint density at radius 1 is 1.37 bits per heavy atom. The molecule has 1 atom stereocenters. The molecule has 0 amide bonds. The molecule has 1 aromatic carbocycles. The van der Waals surface area contributed by atoms with Crippen LogP contribution in [0.1, 0.15) is 23.2 Å². The minimum absolute atomic E-state index is 0.00468. The highest BCUT2D eigenvalue weighted by Gasteiger charge is 2.29. The normalized spacial score (nSPS) is 19.2. The van der Waals surface area contributed by atoms with Gasteiger partial charge in [0.05, 0.1) is 0 Å². The Labute approximate surface area is 111 Å². The third-order valence-electron chi connectivity index (χ3n) is 3.42. The van der Waals surface area contributed by atoms with E-state index >= 15 is 0 Å². The number of hydrogen-bond donors (Lipinski definition) is 0. The summed E-state index contributed by atoms with van der Waals surface area (Å²) in [5, 5.41) is 0. The molecule has 1 unspecified atom stereocenters. The number of carbonyl (C=O) groups excluding carboxylic acids is 1. The molecule has 3 nitrogen and oxygen atoms in total. The van der Waals surface area contributed by atoms with Crippen molar-refractivity contribution in [3.63, 3.8) is 0 Å². The van der Waals surface area contributed by atoms with Crippen LogP contribution in [0.3, 0.4) is 0 Å². The maximum Gasteiger partial charge on any atom is 0.150 e. The highest BCUT2D eigenvalue weighted by molar-refractivity contribution is 5.76. The summed E-state index contributed by atoms with van der Waals surface area (Å²) in [6, 6.07) is 2.30. The van der Waals surface area contributed by atoms with Gasteiger partial charge in [0.15, 0.2) is 0 Å². The van der Waals surface area contributed by atoms with Crippen LogP contribution in [0.5, 0.6) is 0 Å². The predicted octanol–water partition coefficient (Wildman–Crippen LogP) is 2.31. The lowest BCUT2D eigenvalue weighted by Crippen LogP contribution is -2.38. The van der Waals surface area contributed by atoms with Crippen molar-refractivity contribution in [1.29, 1.82) is 0 Å². The number of nitrogens with zero attached hydrogens (tertiary/aromatic N) is 2. The molecule has 104 valence electrons. The molecule has 0 spiro atoms. The lowest BCUT2D eigenvalue weighted by atomic mass is 10.1. The van der Waals surface area contributed by atoms with E-state index in [9.17, 15) is 13.6 Å². The third-order valence-corrected chi connectivity index (χ3v) is 3.42. The van der Waals surface area contributed by atoms with E-state index in [1.54, 1.807) is 4.90 Å². The second-order valence-electron chi connectivity index (χ2n) is 5.20. The Morgan fingerprint density at radius 3 is 2.53 bits per heavy atom. The number of carbonyl (C=O) groups is 1. The van der Waals surface area contributed by atoms with Crippen LogP contribution >= 0.6 is 0 Å². The summed E-state index contributed by atoms with van der Waals surface area (Å²) in [5.74, 6) is -1.32. The highest BCUT2D eigenvalue weighted by Crippen LogP contribution is 2.31. The Kier molecular flexibility index (Phi) is 4.14. The second-order valence-corrected chi connectivity index (χ2v) is 5.20. The van der Waals surface area contributed by atoms with E-state index in [2.05, 4.69) is 0 Å². The quantitative estimate of drug-likeness (QED) is 0.783. The summed E-state index contributed by atoms with van der Waals surface area (Å²) in [7, 11) is 3.89. The molecule has 1 aromatic rings. The fourth-order valence-electron chi connectivity index (χ4n) is 2.67. The van der Waals surface area contributed by atoms with Gasteiger partial charge in [0, 0.05) is 24.7 Å². The van der Waals surface area contributed by atoms with Crippen molar-refractivity contribution in [2.45, 2.75) is 18.9 Å². The zero-order valence-corrected chi connectivity index (χ0v) is 11.2. The minimum Gasteiger partial charge on any atom is -0.363 e. The van der Waals surface area contributed by atoms with Crippen molar-refractivity contribution in [2.75, 3.05) is 32.1 Å². The van der Waals surface area contributed by atoms with Crippen LogP contribution in [0.15, 0.2) is 12.1 Å². The number of likely N-dealkylation sites (N-methyl/N-ethyl adjacent to an activating group) is 1. The molecule has 0 bridgehead atoms. The lowest BCUT2D eigenvalue weighted by Gasteiger charge is -2.29. The Balaban J connectivity index is 2.32. The average Bonchev–Trinajstić information content (AvgIpc) is 2.75. The van der Waals surface area contributed by atoms with E-state index in [-0.39, 0.29) is 17.3 Å². The van der Waals surface area contributed by atoms with E-state index in [4.69, 9.17) is 0 Å². The SMILES string of the molecule is CN(C)CC1CCCN1c1c(F)cc(C=O)cc1F. The van der Waals surface area contributed by atoms with Crippen LogP contribution in [0.2, 0.25) is 0 Å². The van der Waals surface area contributed by atoms with Crippen molar-refractivity contribution in [3.05, 3.63) is 29.3 Å². The van der Waals surface area contributed by atoms with Gasteiger partial charge in [0.1, 0.15) is 23.6 Å².